The lowest BCUT2D eigenvalue weighted by molar-refractivity contribution is -0.121. The second kappa shape index (κ2) is 6.06. The predicted molar refractivity (Wildman–Crippen MR) is 78.3 cm³/mol. The van der Waals surface area contributed by atoms with Gasteiger partial charge in [0.15, 0.2) is 0 Å². The Balaban J connectivity index is 2.09. The van der Waals surface area contributed by atoms with Crippen LogP contribution in [0.4, 0.5) is 5.69 Å². The molecule has 0 saturated carbocycles. The van der Waals surface area contributed by atoms with Crippen molar-refractivity contribution in [1.82, 2.24) is 5.32 Å². The molecule has 1 fully saturated rings. The number of nitrogens with one attached hydrogen (secondary N) is 1. The van der Waals surface area contributed by atoms with Crippen LogP contribution in [0.5, 0.6) is 0 Å². The molecule has 1 saturated heterocycles. The van der Waals surface area contributed by atoms with Crippen LogP contribution in [0.3, 0.4) is 0 Å². The summed E-state index contributed by atoms with van der Waals surface area (Å²) in [6.07, 6.45) is 0.826. The van der Waals surface area contributed by atoms with Gasteiger partial charge in [0, 0.05) is 18.3 Å². The zero-order valence-corrected chi connectivity index (χ0v) is 11.7. The summed E-state index contributed by atoms with van der Waals surface area (Å²) < 4.78 is 0. The van der Waals surface area contributed by atoms with E-state index in [0.29, 0.717) is 19.0 Å². The number of nitrogens with two attached hydrogens (primary N) is 1. The lowest BCUT2D eigenvalue weighted by atomic mass is 10.0. The number of rotatable bonds is 4. The first-order valence-corrected chi connectivity index (χ1v) is 6.94. The third-order valence-corrected chi connectivity index (χ3v) is 3.58. The number of anilines is 1. The van der Waals surface area contributed by atoms with Gasteiger partial charge in [0.2, 0.25) is 5.91 Å². The van der Waals surface area contributed by atoms with Crippen molar-refractivity contribution >= 4 is 11.6 Å². The summed E-state index contributed by atoms with van der Waals surface area (Å²) in [7, 11) is 0. The van der Waals surface area contributed by atoms with Crippen LogP contribution in [0.1, 0.15) is 31.7 Å². The average Bonchev–Trinajstić information content (AvgIpc) is 2.38. The summed E-state index contributed by atoms with van der Waals surface area (Å²) in [5.74, 6) is 0.612. The molecule has 1 aromatic rings. The minimum absolute atomic E-state index is 0.0811. The van der Waals surface area contributed by atoms with Gasteiger partial charge in [0.05, 0.1) is 6.54 Å². The second-order valence-electron chi connectivity index (χ2n) is 5.47. The molecular formula is C15H23N3O. The summed E-state index contributed by atoms with van der Waals surface area (Å²) in [6, 6.07) is 8.66. The van der Waals surface area contributed by atoms with Crippen LogP contribution in [0, 0.1) is 0 Å². The zero-order chi connectivity index (χ0) is 13.8. The highest BCUT2D eigenvalue weighted by molar-refractivity contribution is 5.83. The van der Waals surface area contributed by atoms with Gasteiger partial charge in [-0.25, -0.2) is 0 Å². The Hall–Kier alpha value is -1.55. The predicted octanol–water partition coefficient (Wildman–Crippen LogP) is 1.46. The van der Waals surface area contributed by atoms with E-state index < -0.39 is 0 Å². The van der Waals surface area contributed by atoms with E-state index in [0.717, 1.165) is 18.7 Å². The van der Waals surface area contributed by atoms with Gasteiger partial charge in [-0.15, -0.1) is 0 Å². The molecule has 4 heteroatoms. The van der Waals surface area contributed by atoms with Gasteiger partial charge in [-0.3, -0.25) is 4.79 Å². The maximum Gasteiger partial charge on any atom is 0.239 e. The van der Waals surface area contributed by atoms with Gasteiger partial charge in [-0.1, -0.05) is 26.0 Å². The molecule has 0 aliphatic carbocycles. The van der Waals surface area contributed by atoms with Crippen molar-refractivity contribution < 1.29 is 4.79 Å². The SMILES string of the molecule is CC(C)c1ccc(N2CC(=O)NC(CCN)C2)cc1. The van der Waals surface area contributed by atoms with E-state index >= 15 is 0 Å². The Morgan fingerprint density at radius 2 is 2.05 bits per heavy atom. The normalized spacial score (nSPS) is 19.7. The largest absolute Gasteiger partial charge is 0.360 e. The first-order chi connectivity index (χ1) is 9.10. The molecule has 0 aromatic heterocycles. The highest BCUT2D eigenvalue weighted by Crippen LogP contribution is 2.21. The van der Waals surface area contributed by atoms with Crippen molar-refractivity contribution in [2.24, 2.45) is 5.73 Å². The fourth-order valence-electron chi connectivity index (χ4n) is 2.45. The number of carbonyl (C=O) groups is 1. The standard InChI is InChI=1S/C15H23N3O/c1-11(2)12-3-5-14(6-4-12)18-9-13(7-8-16)17-15(19)10-18/h3-6,11,13H,7-10,16H2,1-2H3,(H,17,19). The highest BCUT2D eigenvalue weighted by Gasteiger charge is 2.24. The van der Waals surface area contributed by atoms with Crippen molar-refractivity contribution in [2.45, 2.75) is 32.2 Å². The number of benzene rings is 1. The number of carbonyl (C=O) groups excluding carboxylic acids is 1. The molecule has 104 valence electrons. The van der Waals surface area contributed by atoms with Gasteiger partial charge < -0.3 is 16.0 Å². The van der Waals surface area contributed by atoms with Gasteiger partial charge in [-0.05, 0) is 36.6 Å². The molecule has 4 nitrogen and oxygen atoms in total. The van der Waals surface area contributed by atoms with Crippen LogP contribution in [0.25, 0.3) is 0 Å². The first kappa shape index (κ1) is 13.9. The van der Waals surface area contributed by atoms with Crippen LogP contribution in [0.15, 0.2) is 24.3 Å². The van der Waals surface area contributed by atoms with E-state index in [1.54, 1.807) is 0 Å². The molecule has 1 amide bonds. The minimum Gasteiger partial charge on any atom is -0.360 e. The Morgan fingerprint density at radius 1 is 1.37 bits per heavy atom. The molecule has 1 aromatic carbocycles. The van der Waals surface area contributed by atoms with E-state index in [2.05, 4.69) is 48.3 Å². The summed E-state index contributed by atoms with van der Waals surface area (Å²) in [6.45, 7) is 6.23. The van der Waals surface area contributed by atoms with Crippen LogP contribution >= 0.6 is 0 Å². The van der Waals surface area contributed by atoms with Gasteiger partial charge >= 0.3 is 0 Å². The summed E-state index contributed by atoms with van der Waals surface area (Å²) in [4.78, 5) is 13.8. The number of nitrogens with zero attached hydrogens (tertiary/aromatic N) is 1. The van der Waals surface area contributed by atoms with Crippen molar-refractivity contribution in [3.63, 3.8) is 0 Å². The molecule has 1 aliphatic rings. The third kappa shape index (κ3) is 3.47. The van der Waals surface area contributed by atoms with Gasteiger partial charge in [-0.2, -0.15) is 0 Å². The van der Waals surface area contributed by atoms with Gasteiger partial charge in [0.25, 0.3) is 0 Å². The monoisotopic (exact) mass is 261 g/mol. The Labute approximate surface area is 115 Å². The minimum atomic E-state index is 0.0811. The van der Waals surface area contributed by atoms with Gasteiger partial charge in [0.1, 0.15) is 0 Å². The first-order valence-electron chi connectivity index (χ1n) is 6.94. The zero-order valence-electron chi connectivity index (χ0n) is 11.7. The van der Waals surface area contributed by atoms with Crippen molar-refractivity contribution in [3.05, 3.63) is 29.8 Å². The fourth-order valence-corrected chi connectivity index (χ4v) is 2.45. The highest BCUT2D eigenvalue weighted by atomic mass is 16.2. The quantitative estimate of drug-likeness (QED) is 0.863. The number of hydrogen-bond donors (Lipinski definition) is 2. The number of piperazine rings is 1. The van der Waals surface area contributed by atoms with Crippen molar-refractivity contribution in [3.8, 4) is 0 Å². The smallest absolute Gasteiger partial charge is 0.239 e. The number of amides is 1. The van der Waals surface area contributed by atoms with E-state index in [1.807, 2.05) is 0 Å². The van der Waals surface area contributed by atoms with E-state index in [4.69, 9.17) is 5.73 Å². The Kier molecular flexibility index (Phi) is 4.43. The summed E-state index contributed by atoms with van der Waals surface area (Å²) >= 11 is 0. The van der Waals surface area contributed by atoms with Crippen LogP contribution in [0.2, 0.25) is 0 Å². The van der Waals surface area contributed by atoms with E-state index in [1.165, 1.54) is 5.56 Å². The average molecular weight is 261 g/mol. The summed E-state index contributed by atoms with van der Waals surface area (Å²) in [5.41, 5.74) is 8.01. The lowest BCUT2D eigenvalue weighted by Gasteiger charge is -2.34. The molecule has 1 heterocycles. The lowest BCUT2D eigenvalue weighted by Crippen LogP contribution is -2.54. The number of hydrogen-bond acceptors (Lipinski definition) is 3. The summed E-state index contributed by atoms with van der Waals surface area (Å²) in [5, 5.41) is 2.99. The molecule has 0 spiro atoms. The van der Waals surface area contributed by atoms with Crippen molar-refractivity contribution in [2.75, 3.05) is 24.5 Å². The Bertz CT molecular complexity index is 428. The van der Waals surface area contributed by atoms with E-state index in [9.17, 15) is 4.79 Å². The molecular weight excluding hydrogens is 238 g/mol. The molecule has 0 radical (unpaired) electrons. The molecule has 0 bridgehead atoms. The van der Waals surface area contributed by atoms with Crippen LogP contribution < -0.4 is 16.0 Å². The molecule has 1 atom stereocenters. The fraction of sp³-hybridized carbons (Fsp3) is 0.533. The third-order valence-electron chi connectivity index (χ3n) is 3.58. The van der Waals surface area contributed by atoms with E-state index in [-0.39, 0.29) is 11.9 Å². The molecule has 19 heavy (non-hydrogen) atoms. The van der Waals surface area contributed by atoms with Crippen LogP contribution in [-0.4, -0.2) is 31.6 Å². The molecule has 2 rings (SSSR count). The molecule has 1 unspecified atom stereocenters. The van der Waals surface area contributed by atoms with Crippen LogP contribution in [-0.2, 0) is 4.79 Å². The second-order valence-corrected chi connectivity index (χ2v) is 5.47. The maximum absolute atomic E-state index is 11.7. The maximum atomic E-state index is 11.7. The van der Waals surface area contributed by atoms with Crippen molar-refractivity contribution in [1.29, 1.82) is 0 Å². The Morgan fingerprint density at radius 3 is 2.63 bits per heavy atom. The topological polar surface area (TPSA) is 58.4 Å². The molecule has 1 aliphatic heterocycles. The molecule has 3 N–H and O–H groups in total.